The number of benzene rings is 2. The summed E-state index contributed by atoms with van der Waals surface area (Å²) in [5, 5.41) is 0. The second kappa shape index (κ2) is 13.4. The van der Waals surface area contributed by atoms with Crippen molar-refractivity contribution in [2.45, 2.75) is 53.9 Å². The molecule has 4 aliphatic heterocycles. The Hall–Kier alpha value is -6.04. The minimum absolute atomic E-state index is 0.165. The summed E-state index contributed by atoms with van der Waals surface area (Å²) in [6, 6.07) is 14.3. The van der Waals surface area contributed by atoms with Gasteiger partial charge in [-0.15, -0.1) is 0 Å². The van der Waals surface area contributed by atoms with E-state index in [0.717, 1.165) is 22.3 Å². The van der Waals surface area contributed by atoms with Crippen molar-refractivity contribution in [3.63, 3.8) is 0 Å². The predicted octanol–water partition coefficient (Wildman–Crippen LogP) is 2.63. The van der Waals surface area contributed by atoms with Gasteiger partial charge in [0.25, 0.3) is 47.3 Å². The highest BCUT2D eigenvalue weighted by molar-refractivity contribution is 6.17. The van der Waals surface area contributed by atoms with Crippen molar-refractivity contribution in [3.8, 4) is 0 Å². The Bertz CT molecular complexity index is 1680. The molecule has 0 unspecified atom stereocenters. The van der Waals surface area contributed by atoms with Gasteiger partial charge in [-0.3, -0.25) is 58.0 Å². The van der Waals surface area contributed by atoms with Crippen LogP contribution in [0.25, 0.3) is 0 Å². The Balaban J connectivity index is 0.000000188. The fourth-order valence-electron chi connectivity index (χ4n) is 5.53. The molecule has 2 aromatic rings. The third-order valence-corrected chi connectivity index (χ3v) is 8.10. The molecule has 0 N–H and O–H groups in total. The first-order chi connectivity index (χ1) is 22.7. The van der Waals surface area contributed by atoms with E-state index >= 15 is 0 Å². The van der Waals surface area contributed by atoms with Crippen LogP contribution in [-0.2, 0) is 64.5 Å². The number of hydrogen-bond donors (Lipinski definition) is 0. The highest BCUT2D eigenvalue weighted by Crippen LogP contribution is 2.21. The summed E-state index contributed by atoms with van der Waals surface area (Å²) in [5.41, 5.74) is 4.75. The first-order valence-corrected chi connectivity index (χ1v) is 15.1. The molecule has 2 aromatic carbocycles. The zero-order valence-corrected chi connectivity index (χ0v) is 26.8. The lowest BCUT2D eigenvalue weighted by Crippen LogP contribution is -2.31. The summed E-state index contributed by atoms with van der Waals surface area (Å²) in [4.78, 5) is 99.7. The lowest BCUT2D eigenvalue weighted by Gasteiger charge is -2.17. The number of carbonyl (C=O) groups excluding carboxylic acids is 8. The molecule has 0 atom stereocenters. The molecule has 12 nitrogen and oxygen atoms in total. The molecule has 12 heteroatoms. The number of nitrogens with zero attached hydrogens (tertiary/aromatic N) is 4. The molecule has 6 rings (SSSR count). The fourth-order valence-corrected chi connectivity index (χ4v) is 5.53. The van der Waals surface area contributed by atoms with E-state index < -0.39 is 0 Å². The van der Waals surface area contributed by atoms with Gasteiger partial charge in [0, 0.05) is 46.6 Å². The van der Waals surface area contributed by atoms with Crippen LogP contribution in [0.4, 0.5) is 0 Å². The van der Waals surface area contributed by atoms with Gasteiger partial charge >= 0.3 is 0 Å². The Morgan fingerprint density at radius 1 is 0.375 bits per heavy atom. The molecular weight excluding hydrogens is 616 g/mol. The van der Waals surface area contributed by atoms with Gasteiger partial charge in [0.1, 0.15) is 0 Å². The van der Waals surface area contributed by atoms with E-state index in [1.807, 2.05) is 0 Å². The van der Waals surface area contributed by atoms with Crippen molar-refractivity contribution >= 4 is 47.3 Å². The van der Waals surface area contributed by atoms with Crippen molar-refractivity contribution < 1.29 is 38.4 Å². The average Bonchev–Trinajstić information content (AvgIpc) is 3.62. The maximum absolute atomic E-state index is 11.9. The fraction of sp³-hybridized carbons (Fsp3) is 0.222. The maximum Gasteiger partial charge on any atom is 0.256 e. The van der Waals surface area contributed by atoms with Gasteiger partial charge in [0.2, 0.25) is 0 Å². The summed E-state index contributed by atoms with van der Waals surface area (Å²) >= 11 is 0. The molecule has 48 heavy (non-hydrogen) atoms. The Morgan fingerprint density at radius 2 is 0.583 bits per heavy atom. The summed E-state index contributed by atoms with van der Waals surface area (Å²) in [6.07, 6.45) is 5.29. The number of rotatable bonds is 8. The molecule has 8 amide bonds. The molecule has 0 bridgehead atoms. The van der Waals surface area contributed by atoms with Crippen molar-refractivity contribution in [1.82, 2.24) is 19.6 Å². The Kier molecular flexibility index (Phi) is 9.28. The molecule has 244 valence electrons. The van der Waals surface area contributed by atoms with Gasteiger partial charge in [-0.25, -0.2) is 0 Å². The third-order valence-electron chi connectivity index (χ3n) is 8.10. The molecule has 0 fully saturated rings. The van der Waals surface area contributed by atoms with E-state index in [1.54, 1.807) is 76.2 Å². The summed E-state index contributed by atoms with van der Waals surface area (Å²) in [7, 11) is 0. The van der Waals surface area contributed by atoms with Crippen LogP contribution in [0, 0.1) is 0 Å². The molecule has 0 radical (unpaired) electrons. The number of imide groups is 4. The van der Waals surface area contributed by atoms with Crippen LogP contribution < -0.4 is 0 Å². The van der Waals surface area contributed by atoms with Crippen LogP contribution in [0.3, 0.4) is 0 Å². The van der Waals surface area contributed by atoms with Crippen LogP contribution in [0.1, 0.15) is 49.9 Å². The van der Waals surface area contributed by atoms with Crippen LogP contribution in [0.5, 0.6) is 0 Å². The number of amides is 8. The normalized spacial score (nSPS) is 17.8. The first-order valence-electron chi connectivity index (χ1n) is 15.1. The molecular formula is C36H32N4O8. The van der Waals surface area contributed by atoms with Gasteiger partial charge in [0.05, 0.1) is 26.2 Å². The zero-order valence-electron chi connectivity index (χ0n) is 26.8. The maximum atomic E-state index is 11.9. The molecule has 0 aliphatic carbocycles. The van der Waals surface area contributed by atoms with Gasteiger partial charge in [0.15, 0.2) is 0 Å². The van der Waals surface area contributed by atoms with Crippen LogP contribution >= 0.6 is 0 Å². The van der Waals surface area contributed by atoms with Gasteiger partial charge in [-0.2, -0.15) is 0 Å². The van der Waals surface area contributed by atoms with E-state index in [2.05, 4.69) is 0 Å². The topological polar surface area (TPSA) is 150 Å². The van der Waals surface area contributed by atoms with E-state index in [0.29, 0.717) is 22.3 Å². The van der Waals surface area contributed by atoms with Crippen LogP contribution in [0.15, 0.2) is 95.1 Å². The second-order valence-electron chi connectivity index (χ2n) is 11.9. The summed E-state index contributed by atoms with van der Waals surface area (Å²) < 4.78 is 0. The van der Waals surface area contributed by atoms with Crippen molar-refractivity contribution in [1.29, 1.82) is 0 Å². The highest BCUT2D eigenvalue weighted by atomic mass is 16.2. The molecule has 0 saturated carbocycles. The molecule has 4 aliphatic rings. The lowest BCUT2D eigenvalue weighted by atomic mass is 10.1. The first kappa shape index (κ1) is 33.3. The highest BCUT2D eigenvalue weighted by Gasteiger charge is 2.31. The summed E-state index contributed by atoms with van der Waals surface area (Å²) in [5.74, 6) is -2.49. The smallest absolute Gasteiger partial charge is 0.256 e. The monoisotopic (exact) mass is 648 g/mol. The Labute approximate surface area is 276 Å². The minimum atomic E-state index is -0.326. The largest absolute Gasteiger partial charge is 0.271 e. The predicted molar refractivity (Wildman–Crippen MR) is 170 cm³/mol. The minimum Gasteiger partial charge on any atom is -0.271 e. The third kappa shape index (κ3) is 6.87. The van der Waals surface area contributed by atoms with Gasteiger partial charge in [-0.1, -0.05) is 48.5 Å². The number of carbonyl (C=O) groups is 8. The Morgan fingerprint density at radius 3 is 0.750 bits per heavy atom. The molecule has 0 saturated heterocycles. The van der Waals surface area contributed by atoms with E-state index in [4.69, 9.17) is 0 Å². The molecule has 0 aromatic heterocycles. The lowest BCUT2D eigenvalue weighted by molar-refractivity contribution is -0.139. The van der Waals surface area contributed by atoms with Crippen LogP contribution in [-0.4, -0.2) is 66.9 Å². The number of hydrogen-bond acceptors (Lipinski definition) is 8. The SMILES string of the molecule is CC1=CC(=O)N(Cc2cccc(CN3C(=O)C=C(C)C3=O)c2)C1=O.CC1=CC(=O)N(Cc2cccc(CN3C(=O)C=C(C)C3=O)c2)C1=O. The van der Waals surface area contributed by atoms with Crippen molar-refractivity contribution in [2.75, 3.05) is 0 Å². The van der Waals surface area contributed by atoms with E-state index in [9.17, 15) is 38.4 Å². The van der Waals surface area contributed by atoms with E-state index in [1.165, 1.54) is 43.9 Å². The van der Waals surface area contributed by atoms with Gasteiger partial charge < -0.3 is 0 Å². The van der Waals surface area contributed by atoms with E-state index in [-0.39, 0.29) is 73.4 Å². The quantitative estimate of drug-likeness (QED) is 0.397. The van der Waals surface area contributed by atoms with Crippen molar-refractivity contribution in [3.05, 3.63) is 117 Å². The molecule has 0 spiro atoms. The standard InChI is InChI=1S/2C18H16N2O4/c2*1-11-6-15(21)19(17(11)23)9-13-4-3-5-14(8-13)10-20-16(22)7-12(2)18(20)24/h2*3-8H,9-10H2,1-2H3. The average molecular weight is 649 g/mol. The van der Waals surface area contributed by atoms with Gasteiger partial charge in [-0.05, 0) is 49.9 Å². The second-order valence-corrected chi connectivity index (χ2v) is 11.9. The molecule has 4 heterocycles. The zero-order chi connectivity index (χ0) is 34.9. The van der Waals surface area contributed by atoms with Crippen LogP contribution in [0.2, 0.25) is 0 Å². The van der Waals surface area contributed by atoms with Crippen molar-refractivity contribution in [2.24, 2.45) is 0 Å². The summed E-state index contributed by atoms with van der Waals surface area (Å²) in [6.45, 7) is 7.09.